The van der Waals surface area contributed by atoms with Crippen LogP contribution in [0.1, 0.15) is 88.2 Å². The number of rotatable bonds is 9. The van der Waals surface area contributed by atoms with Crippen molar-refractivity contribution in [2.24, 2.45) is 59.2 Å². The first kappa shape index (κ1) is 39.6. The summed E-state index contributed by atoms with van der Waals surface area (Å²) < 4.78 is 0. The van der Waals surface area contributed by atoms with Gasteiger partial charge in [0.1, 0.15) is 0 Å². The monoisotopic (exact) mass is 836 g/mol. The second-order valence-corrected chi connectivity index (χ2v) is 23.8. The Bertz CT molecular complexity index is 1780. The van der Waals surface area contributed by atoms with Gasteiger partial charge in [-0.05, 0) is 185 Å². The van der Waals surface area contributed by atoms with E-state index in [2.05, 4.69) is 86.6 Å². The molecule has 10 aliphatic rings. The van der Waals surface area contributed by atoms with E-state index in [1.54, 1.807) is 75.3 Å². The van der Waals surface area contributed by atoms with Crippen LogP contribution in [0, 0.1) is 59.2 Å². The molecular formula is C52H66FeN2P2-6. The predicted octanol–water partition coefficient (Wildman–Crippen LogP) is 12.1. The van der Waals surface area contributed by atoms with Crippen molar-refractivity contribution in [3.8, 4) is 22.3 Å². The SMILES string of the molecule is PC([c-]1cc(-c2ccccc2)c(-c2ccccc2)c1CP(C1C2CC3CC(C2)CC1C3)C1C2CC3CC(C2)CC1C3)(C1CCNC1)C1CCNC1.[Fe].[cH-]1[cH-][cH-][cH-][cH-]1. The second-order valence-electron chi connectivity index (χ2n) is 20.3. The minimum absolute atomic E-state index is 0. The fraction of sp³-hybridized carbons (Fsp3) is 0.577. The van der Waals surface area contributed by atoms with Crippen LogP contribution in [-0.2, 0) is 28.4 Å². The summed E-state index contributed by atoms with van der Waals surface area (Å²) in [6.45, 7) is 4.66. The molecule has 14 rings (SSSR count). The molecule has 8 aliphatic carbocycles. The smallest absolute Gasteiger partial charge is 0 e. The van der Waals surface area contributed by atoms with Crippen molar-refractivity contribution < 1.29 is 17.1 Å². The van der Waals surface area contributed by atoms with Gasteiger partial charge >= 0.3 is 0 Å². The van der Waals surface area contributed by atoms with Gasteiger partial charge in [0.25, 0.3) is 0 Å². The van der Waals surface area contributed by atoms with Crippen molar-refractivity contribution in [2.45, 2.75) is 99.7 Å². The van der Waals surface area contributed by atoms with Crippen molar-refractivity contribution in [3.05, 3.63) is 108 Å². The maximum absolute atomic E-state index is 3.86. The molecule has 3 unspecified atom stereocenters. The Balaban J connectivity index is 0.000000616. The largest absolute Gasteiger partial charge is 0.748 e. The number of hydrogen-bond acceptors (Lipinski definition) is 2. The molecule has 2 saturated heterocycles. The molecule has 57 heavy (non-hydrogen) atoms. The van der Waals surface area contributed by atoms with Crippen molar-refractivity contribution in [1.29, 1.82) is 0 Å². The van der Waals surface area contributed by atoms with Gasteiger partial charge in [0, 0.05) is 17.1 Å². The maximum atomic E-state index is 3.86. The zero-order chi connectivity index (χ0) is 37.2. The van der Waals surface area contributed by atoms with Gasteiger partial charge in [-0.25, -0.2) is 0 Å². The van der Waals surface area contributed by atoms with Crippen molar-refractivity contribution in [3.63, 3.8) is 0 Å². The molecule has 4 aromatic carbocycles. The Morgan fingerprint density at radius 2 is 1.02 bits per heavy atom. The van der Waals surface area contributed by atoms with E-state index < -0.39 is 0 Å². The Kier molecular flexibility index (Phi) is 11.6. The number of nitrogens with one attached hydrogen (secondary N) is 2. The van der Waals surface area contributed by atoms with Gasteiger partial charge in [0.2, 0.25) is 0 Å². The van der Waals surface area contributed by atoms with Crippen LogP contribution in [0.3, 0.4) is 0 Å². The molecule has 0 spiro atoms. The topological polar surface area (TPSA) is 24.1 Å². The summed E-state index contributed by atoms with van der Waals surface area (Å²) in [4.78, 5) is 0. The Morgan fingerprint density at radius 3 is 1.42 bits per heavy atom. The average Bonchev–Trinajstić information content (AvgIpc) is 4.07. The first-order valence-corrected chi connectivity index (χ1v) is 25.4. The Labute approximate surface area is 358 Å². The van der Waals surface area contributed by atoms with Crippen LogP contribution >= 0.6 is 17.2 Å². The van der Waals surface area contributed by atoms with Gasteiger partial charge in [-0.1, -0.05) is 79.7 Å². The molecule has 0 radical (unpaired) electrons. The molecule has 2 heterocycles. The number of benzene rings is 2. The molecule has 2 aliphatic heterocycles. The molecule has 2 N–H and O–H groups in total. The standard InChI is InChI=1S/C47H61N2P2.C5H5.Fe/c50-47(39-11-13-48-26-39,40-12-14-49-27-40)43-25-41(33-7-3-1-4-8-33)44(34-9-5-2-6-10-34)42(43)28-51(45-35-17-29-15-30(19-35)20-36(45)18-29)46-37-21-31-16-32(23-37)24-38(46)22-31;1-2-4-5-3-1;/h1-10,25,29-32,35-40,45-46,48-49H,11-24,26-28,50H2;1-5H;/q-1;-5;. The maximum Gasteiger partial charge on any atom is 0 e. The predicted molar refractivity (Wildman–Crippen MR) is 241 cm³/mol. The fourth-order valence-corrected chi connectivity index (χ4v) is 21.1. The molecule has 8 saturated carbocycles. The minimum atomic E-state index is -0.127. The molecule has 308 valence electrons. The van der Waals surface area contributed by atoms with E-state index in [4.69, 9.17) is 0 Å². The molecule has 2 nitrogen and oxygen atoms in total. The van der Waals surface area contributed by atoms with Crippen LogP contribution < -0.4 is 10.6 Å². The molecular weight excluding hydrogens is 770 g/mol. The molecule has 5 heteroatoms. The third-order valence-electron chi connectivity index (χ3n) is 17.3. The Morgan fingerprint density at radius 1 is 0.596 bits per heavy atom. The van der Waals surface area contributed by atoms with Gasteiger partial charge < -0.3 is 41.0 Å². The summed E-state index contributed by atoms with van der Waals surface area (Å²) >= 11 is 0. The minimum Gasteiger partial charge on any atom is -0.748 e. The summed E-state index contributed by atoms with van der Waals surface area (Å²) in [7, 11) is 3.55. The van der Waals surface area contributed by atoms with E-state index in [0.717, 1.165) is 71.8 Å². The number of hydrogen-bond donors (Lipinski definition) is 2. The van der Waals surface area contributed by atoms with E-state index in [9.17, 15) is 0 Å². The van der Waals surface area contributed by atoms with Crippen LogP contribution in [0.2, 0.25) is 0 Å². The first-order chi connectivity index (χ1) is 27.6. The van der Waals surface area contributed by atoms with E-state index >= 15 is 0 Å². The summed E-state index contributed by atoms with van der Waals surface area (Å²) in [5.41, 5.74) is 11.6. The third-order valence-corrected chi connectivity index (χ3v) is 22.4. The van der Waals surface area contributed by atoms with Crippen LogP contribution in [0.25, 0.3) is 22.3 Å². The van der Waals surface area contributed by atoms with Crippen molar-refractivity contribution >= 4 is 17.2 Å². The van der Waals surface area contributed by atoms with Gasteiger partial charge in [-0.15, -0.1) is 14.8 Å². The Hall–Kier alpha value is -1.56. The fourth-order valence-electron chi connectivity index (χ4n) is 15.6. The van der Waals surface area contributed by atoms with Crippen LogP contribution in [0.4, 0.5) is 0 Å². The van der Waals surface area contributed by atoms with Crippen molar-refractivity contribution in [2.75, 3.05) is 26.2 Å². The van der Waals surface area contributed by atoms with Gasteiger partial charge in [0.05, 0.1) is 0 Å². The zero-order valence-electron chi connectivity index (χ0n) is 34.1. The molecule has 4 aromatic rings. The van der Waals surface area contributed by atoms with E-state index in [0.29, 0.717) is 11.8 Å². The zero-order valence-corrected chi connectivity index (χ0v) is 37.2. The van der Waals surface area contributed by atoms with Crippen LogP contribution in [0.15, 0.2) is 97.1 Å². The van der Waals surface area contributed by atoms with Gasteiger partial charge in [0.15, 0.2) is 0 Å². The molecule has 0 aromatic heterocycles. The first-order valence-electron chi connectivity index (χ1n) is 23.2. The van der Waals surface area contributed by atoms with Crippen LogP contribution in [-0.4, -0.2) is 37.5 Å². The molecule has 3 atom stereocenters. The normalized spacial score (nSPS) is 37.4. The van der Waals surface area contributed by atoms with Crippen molar-refractivity contribution in [1.82, 2.24) is 10.6 Å². The summed E-state index contributed by atoms with van der Waals surface area (Å²) in [6, 6.07) is 36.2. The van der Waals surface area contributed by atoms with E-state index in [1.807, 2.05) is 35.9 Å². The second kappa shape index (κ2) is 16.7. The third kappa shape index (κ3) is 7.28. The summed E-state index contributed by atoms with van der Waals surface area (Å²) in [6.07, 6.45) is 19.7. The van der Waals surface area contributed by atoms with E-state index in [-0.39, 0.29) is 30.1 Å². The molecule has 0 amide bonds. The quantitative estimate of drug-likeness (QED) is 0.0997. The molecule has 10 fully saturated rings. The van der Waals surface area contributed by atoms with Gasteiger partial charge in [-0.3, -0.25) is 0 Å². The van der Waals surface area contributed by atoms with Crippen LogP contribution in [0.5, 0.6) is 0 Å². The average molecular weight is 837 g/mol. The summed E-state index contributed by atoms with van der Waals surface area (Å²) in [5, 5.41) is 7.81. The summed E-state index contributed by atoms with van der Waals surface area (Å²) in [5.74, 6) is 9.65. The van der Waals surface area contributed by atoms with E-state index in [1.165, 1.54) is 48.8 Å². The van der Waals surface area contributed by atoms with Gasteiger partial charge in [-0.2, -0.15) is 22.8 Å². The molecule has 8 bridgehead atoms.